The number of carboxylic acids is 1. The minimum absolute atomic E-state index is 0.108. The molecular formula is C26H20F3NO4. The largest absolute Gasteiger partial charge is 0.507 e. The highest BCUT2D eigenvalue weighted by molar-refractivity contribution is 6.03. The molecule has 0 amide bonds. The van der Waals surface area contributed by atoms with E-state index in [0.29, 0.717) is 53.9 Å². The van der Waals surface area contributed by atoms with Gasteiger partial charge in [-0.15, -0.1) is 0 Å². The van der Waals surface area contributed by atoms with Crippen molar-refractivity contribution in [3.05, 3.63) is 83.3 Å². The summed E-state index contributed by atoms with van der Waals surface area (Å²) in [6.07, 6.45) is 1.20. The maximum Gasteiger partial charge on any atom is 0.335 e. The third kappa shape index (κ3) is 3.60. The number of phenols is 1. The quantitative estimate of drug-likeness (QED) is 0.386. The number of ether oxygens (including phenoxy) is 1. The molecule has 4 aromatic rings. The number of halogens is 3. The lowest BCUT2D eigenvalue weighted by Crippen LogP contribution is -2.17. The number of carbonyl (C=O) groups is 1. The summed E-state index contributed by atoms with van der Waals surface area (Å²) < 4.78 is 50.6. The van der Waals surface area contributed by atoms with Crippen LogP contribution in [0.1, 0.15) is 34.8 Å². The summed E-state index contributed by atoms with van der Waals surface area (Å²) in [7, 11) is 0. The zero-order valence-corrected chi connectivity index (χ0v) is 17.9. The van der Waals surface area contributed by atoms with E-state index in [2.05, 4.69) is 0 Å². The Kier molecular flexibility index (Phi) is 5.53. The van der Waals surface area contributed by atoms with Gasteiger partial charge < -0.3 is 19.5 Å². The van der Waals surface area contributed by atoms with Gasteiger partial charge in [0, 0.05) is 47.7 Å². The van der Waals surface area contributed by atoms with Crippen LogP contribution in [-0.4, -0.2) is 34.0 Å². The summed E-state index contributed by atoms with van der Waals surface area (Å²) >= 11 is 0. The average molecular weight is 467 g/mol. The van der Waals surface area contributed by atoms with E-state index in [9.17, 15) is 23.8 Å². The Labute approximate surface area is 192 Å². The molecule has 1 aromatic heterocycles. The van der Waals surface area contributed by atoms with Crippen LogP contribution in [0, 0.1) is 17.5 Å². The lowest BCUT2D eigenvalue weighted by atomic mass is 9.89. The van der Waals surface area contributed by atoms with Crippen LogP contribution < -0.4 is 0 Å². The van der Waals surface area contributed by atoms with Crippen molar-refractivity contribution in [2.45, 2.75) is 18.8 Å². The molecule has 1 saturated heterocycles. The first kappa shape index (κ1) is 22.0. The molecule has 2 heterocycles. The third-order valence-electron chi connectivity index (χ3n) is 6.26. The van der Waals surface area contributed by atoms with Crippen molar-refractivity contribution < 1.29 is 32.9 Å². The number of hydrogen-bond acceptors (Lipinski definition) is 3. The van der Waals surface area contributed by atoms with Gasteiger partial charge in [-0.1, -0.05) is 12.1 Å². The van der Waals surface area contributed by atoms with Crippen LogP contribution in [0.15, 0.2) is 54.6 Å². The van der Waals surface area contributed by atoms with Crippen LogP contribution in [0.2, 0.25) is 0 Å². The number of hydrogen-bond donors (Lipinski definition) is 2. The summed E-state index contributed by atoms with van der Waals surface area (Å²) in [5.41, 5.74) is 1.72. The van der Waals surface area contributed by atoms with Crippen LogP contribution >= 0.6 is 0 Å². The third-order valence-corrected chi connectivity index (χ3v) is 6.26. The van der Waals surface area contributed by atoms with Crippen molar-refractivity contribution in [1.82, 2.24) is 4.57 Å². The lowest BCUT2D eigenvalue weighted by Gasteiger charge is -2.26. The van der Waals surface area contributed by atoms with Crippen LogP contribution in [0.5, 0.6) is 5.75 Å². The molecule has 1 aliphatic heterocycles. The lowest BCUT2D eigenvalue weighted by molar-refractivity contribution is 0.0696. The van der Waals surface area contributed by atoms with E-state index in [1.807, 2.05) is 0 Å². The molecule has 5 nitrogen and oxygen atoms in total. The molecule has 0 atom stereocenters. The summed E-state index contributed by atoms with van der Waals surface area (Å²) in [6.45, 7) is 0.936. The van der Waals surface area contributed by atoms with E-state index in [4.69, 9.17) is 4.74 Å². The second kappa shape index (κ2) is 8.53. The molecule has 0 unspecified atom stereocenters. The molecule has 3 aromatic carbocycles. The molecule has 2 N–H and O–H groups in total. The van der Waals surface area contributed by atoms with Gasteiger partial charge >= 0.3 is 5.97 Å². The van der Waals surface area contributed by atoms with E-state index in [1.165, 1.54) is 24.3 Å². The average Bonchev–Trinajstić information content (AvgIpc) is 3.17. The fourth-order valence-corrected chi connectivity index (χ4v) is 4.72. The fraction of sp³-hybridized carbons (Fsp3) is 0.192. The number of carboxylic acid groups (broad SMARTS) is 1. The molecule has 0 aliphatic carbocycles. The summed E-state index contributed by atoms with van der Waals surface area (Å²) in [5, 5.41) is 20.4. The molecule has 0 spiro atoms. The summed E-state index contributed by atoms with van der Waals surface area (Å²) in [4.78, 5) is 11.3. The maximum absolute atomic E-state index is 15.3. The molecule has 174 valence electrons. The number of rotatable bonds is 4. The van der Waals surface area contributed by atoms with E-state index in [1.54, 1.807) is 16.7 Å². The van der Waals surface area contributed by atoms with Crippen molar-refractivity contribution in [3.63, 3.8) is 0 Å². The van der Waals surface area contributed by atoms with Crippen molar-refractivity contribution in [1.29, 1.82) is 0 Å². The number of aromatic carboxylic acids is 1. The molecule has 1 fully saturated rings. The zero-order valence-electron chi connectivity index (χ0n) is 17.9. The Hall–Kier alpha value is -3.78. The number of fused-ring (bicyclic) bond motifs is 1. The van der Waals surface area contributed by atoms with E-state index >= 15 is 4.39 Å². The predicted molar refractivity (Wildman–Crippen MR) is 120 cm³/mol. The molecule has 34 heavy (non-hydrogen) atoms. The van der Waals surface area contributed by atoms with Crippen LogP contribution in [0.25, 0.3) is 27.7 Å². The topological polar surface area (TPSA) is 71.7 Å². The molecule has 0 radical (unpaired) electrons. The highest BCUT2D eigenvalue weighted by atomic mass is 19.2. The van der Waals surface area contributed by atoms with Gasteiger partial charge in [-0.05, 0) is 49.2 Å². The first-order valence-corrected chi connectivity index (χ1v) is 10.8. The standard InChI is InChI=1S/C26H20F3NO4/c27-18-7-5-16(13-20(18)29)30-21-2-1-3-22(31)24(21)23(25(30)14-8-10-34-11-9-14)17-6-4-15(26(32)33)12-19(17)28/h1-7,12-14,31H,8-11H2,(H,32,33). The van der Waals surface area contributed by atoms with Gasteiger partial charge in [-0.25, -0.2) is 18.0 Å². The predicted octanol–water partition coefficient (Wildman–Crippen LogP) is 6.01. The molecule has 1 aliphatic rings. The van der Waals surface area contributed by atoms with Crippen LogP contribution in [-0.2, 0) is 4.74 Å². The minimum atomic E-state index is -1.26. The smallest absolute Gasteiger partial charge is 0.335 e. The normalized spacial score (nSPS) is 14.6. The van der Waals surface area contributed by atoms with Crippen molar-refractivity contribution in [3.8, 4) is 22.6 Å². The molecule has 8 heteroatoms. The molecule has 0 saturated carbocycles. The first-order valence-electron chi connectivity index (χ1n) is 10.8. The number of benzene rings is 3. The minimum Gasteiger partial charge on any atom is -0.507 e. The van der Waals surface area contributed by atoms with Gasteiger partial charge in [0.15, 0.2) is 11.6 Å². The van der Waals surface area contributed by atoms with Gasteiger partial charge in [0.1, 0.15) is 11.6 Å². The van der Waals surface area contributed by atoms with E-state index < -0.39 is 23.4 Å². The van der Waals surface area contributed by atoms with Crippen molar-refractivity contribution in [2.24, 2.45) is 0 Å². The van der Waals surface area contributed by atoms with Crippen molar-refractivity contribution in [2.75, 3.05) is 13.2 Å². The SMILES string of the molecule is O=C(O)c1ccc(-c2c(C3CCOCC3)n(-c3ccc(F)c(F)c3)c3cccc(O)c23)c(F)c1. The number of aromatic nitrogens is 1. The monoisotopic (exact) mass is 467 g/mol. The Bertz CT molecular complexity index is 1420. The Morgan fingerprint density at radius 3 is 2.38 bits per heavy atom. The van der Waals surface area contributed by atoms with Gasteiger partial charge in [-0.2, -0.15) is 0 Å². The fourth-order valence-electron chi connectivity index (χ4n) is 4.72. The Morgan fingerprint density at radius 1 is 0.941 bits per heavy atom. The van der Waals surface area contributed by atoms with Gasteiger partial charge in [0.05, 0.1) is 16.5 Å². The highest BCUT2D eigenvalue weighted by Crippen LogP contribution is 2.47. The van der Waals surface area contributed by atoms with Gasteiger partial charge in [0.25, 0.3) is 0 Å². The molecule has 0 bridgehead atoms. The zero-order chi connectivity index (χ0) is 24.0. The first-order chi connectivity index (χ1) is 16.4. The maximum atomic E-state index is 15.3. The van der Waals surface area contributed by atoms with Crippen LogP contribution in [0.4, 0.5) is 13.2 Å². The Morgan fingerprint density at radius 2 is 1.71 bits per heavy atom. The second-order valence-electron chi connectivity index (χ2n) is 8.25. The number of aromatic hydroxyl groups is 1. The number of phenolic OH excluding ortho intramolecular Hbond substituents is 1. The molecular weight excluding hydrogens is 447 g/mol. The van der Waals surface area contributed by atoms with E-state index in [0.717, 1.165) is 18.2 Å². The van der Waals surface area contributed by atoms with Crippen molar-refractivity contribution >= 4 is 16.9 Å². The van der Waals surface area contributed by atoms with Gasteiger partial charge in [0.2, 0.25) is 0 Å². The molecule has 5 rings (SSSR count). The van der Waals surface area contributed by atoms with E-state index in [-0.39, 0.29) is 22.8 Å². The second-order valence-corrected chi connectivity index (χ2v) is 8.25. The summed E-state index contributed by atoms with van der Waals surface area (Å²) in [6, 6.07) is 11.9. The van der Waals surface area contributed by atoms with Crippen LogP contribution in [0.3, 0.4) is 0 Å². The van der Waals surface area contributed by atoms with Gasteiger partial charge in [-0.3, -0.25) is 0 Å². The Balaban J connectivity index is 1.90. The highest BCUT2D eigenvalue weighted by Gasteiger charge is 2.30. The number of nitrogens with zero attached hydrogens (tertiary/aromatic N) is 1. The summed E-state index contributed by atoms with van der Waals surface area (Å²) in [5.74, 6) is -4.30.